The number of aromatic nitrogens is 3. The lowest BCUT2D eigenvalue weighted by Crippen LogP contribution is -2.41. The highest BCUT2D eigenvalue weighted by Crippen LogP contribution is 2.19. The largest absolute Gasteiger partial charge is 0.347 e. The van der Waals surface area contributed by atoms with E-state index in [0.29, 0.717) is 12.1 Å². The number of carbonyl (C=O) groups is 1. The minimum Gasteiger partial charge on any atom is -0.347 e. The Morgan fingerprint density at radius 1 is 1.17 bits per heavy atom. The van der Waals surface area contributed by atoms with Crippen molar-refractivity contribution in [3.05, 3.63) is 60.4 Å². The van der Waals surface area contributed by atoms with Gasteiger partial charge in [-0.2, -0.15) is 0 Å². The first-order chi connectivity index (χ1) is 11.1. The normalized spacial score (nSPS) is 12.5. The molecule has 1 heterocycles. The Morgan fingerprint density at radius 3 is 2.70 bits per heavy atom. The summed E-state index contributed by atoms with van der Waals surface area (Å²) in [4.78, 5) is 12.7. The maximum atomic E-state index is 12.7. The van der Waals surface area contributed by atoms with Gasteiger partial charge in [0.05, 0.1) is 18.8 Å². The Balaban J connectivity index is 1.83. The molecule has 23 heavy (non-hydrogen) atoms. The highest BCUT2D eigenvalue weighted by atomic mass is 16.1. The number of fused-ring (bicyclic) bond motifs is 1. The van der Waals surface area contributed by atoms with Crippen molar-refractivity contribution in [3.8, 4) is 0 Å². The molecule has 0 radical (unpaired) electrons. The average Bonchev–Trinajstić information content (AvgIpc) is 3.06. The molecular weight excluding hydrogens is 288 g/mol. The summed E-state index contributed by atoms with van der Waals surface area (Å²) in [6, 6.07) is 13.7. The summed E-state index contributed by atoms with van der Waals surface area (Å²) in [5, 5.41) is 13.0. The topological polar surface area (TPSA) is 59.8 Å². The Bertz CT molecular complexity index is 790. The number of carbonyl (C=O) groups excluding carboxylic acids is 1. The molecule has 5 heteroatoms. The van der Waals surface area contributed by atoms with Crippen molar-refractivity contribution in [2.75, 3.05) is 0 Å². The van der Waals surface area contributed by atoms with Gasteiger partial charge in [-0.25, -0.2) is 0 Å². The summed E-state index contributed by atoms with van der Waals surface area (Å²) in [6.07, 6.45) is 3.45. The molecule has 0 unspecified atom stereocenters. The molecular formula is C18H20N4O. The van der Waals surface area contributed by atoms with E-state index in [0.717, 1.165) is 10.8 Å². The molecule has 1 N–H and O–H groups in total. The van der Waals surface area contributed by atoms with Gasteiger partial charge in [0.1, 0.15) is 0 Å². The lowest BCUT2D eigenvalue weighted by molar-refractivity contribution is 0.0921. The fourth-order valence-corrected chi connectivity index (χ4v) is 2.62. The summed E-state index contributed by atoms with van der Waals surface area (Å²) in [7, 11) is 0. The van der Waals surface area contributed by atoms with E-state index in [1.165, 1.54) is 0 Å². The van der Waals surface area contributed by atoms with Crippen LogP contribution in [0.2, 0.25) is 0 Å². The highest BCUT2D eigenvalue weighted by Gasteiger charge is 2.19. The van der Waals surface area contributed by atoms with E-state index in [1.54, 1.807) is 17.1 Å². The molecule has 0 saturated heterocycles. The van der Waals surface area contributed by atoms with Gasteiger partial charge in [0.2, 0.25) is 0 Å². The van der Waals surface area contributed by atoms with Gasteiger partial charge < -0.3 is 5.32 Å². The first kappa shape index (κ1) is 15.2. The van der Waals surface area contributed by atoms with Crippen LogP contribution in [0.3, 0.4) is 0 Å². The number of nitrogens with one attached hydrogen (secondary N) is 1. The van der Waals surface area contributed by atoms with Crippen molar-refractivity contribution in [1.29, 1.82) is 0 Å². The molecule has 118 valence electrons. The fraction of sp³-hybridized carbons (Fsp3) is 0.278. The second-order valence-corrected chi connectivity index (χ2v) is 5.98. The van der Waals surface area contributed by atoms with Crippen LogP contribution in [0, 0.1) is 5.92 Å². The van der Waals surface area contributed by atoms with Crippen molar-refractivity contribution >= 4 is 16.7 Å². The van der Waals surface area contributed by atoms with Gasteiger partial charge in [-0.1, -0.05) is 55.5 Å². The van der Waals surface area contributed by atoms with Gasteiger partial charge in [0.25, 0.3) is 5.91 Å². The van der Waals surface area contributed by atoms with Crippen LogP contribution in [0.5, 0.6) is 0 Å². The van der Waals surface area contributed by atoms with Crippen molar-refractivity contribution in [1.82, 2.24) is 20.3 Å². The van der Waals surface area contributed by atoms with Crippen LogP contribution in [-0.4, -0.2) is 26.9 Å². The van der Waals surface area contributed by atoms with Crippen LogP contribution in [0.15, 0.2) is 54.9 Å². The Labute approximate surface area is 135 Å². The Hall–Kier alpha value is -2.69. The Morgan fingerprint density at radius 2 is 1.96 bits per heavy atom. The van der Waals surface area contributed by atoms with Crippen molar-refractivity contribution < 1.29 is 4.79 Å². The fourth-order valence-electron chi connectivity index (χ4n) is 2.62. The van der Waals surface area contributed by atoms with Crippen LogP contribution < -0.4 is 5.32 Å². The van der Waals surface area contributed by atoms with E-state index in [1.807, 2.05) is 42.5 Å². The van der Waals surface area contributed by atoms with Crippen LogP contribution in [0.4, 0.5) is 0 Å². The molecule has 0 aliphatic rings. The molecule has 0 saturated carbocycles. The van der Waals surface area contributed by atoms with Gasteiger partial charge in [-0.15, -0.1) is 5.10 Å². The first-order valence-electron chi connectivity index (χ1n) is 7.78. The number of rotatable bonds is 5. The van der Waals surface area contributed by atoms with Crippen LogP contribution in [0.1, 0.15) is 24.2 Å². The lowest BCUT2D eigenvalue weighted by Gasteiger charge is -2.22. The van der Waals surface area contributed by atoms with Crippen LogP contribution in [0.25, 0.3) is 10.8 Å². The number of nitrogens with zero attached hydrogens (tertiary/aromatic N) is 3. The molecule has 2 aromatic carbocycles. The van der Waals surface area contributed by atoms with Crippen molar-refractivity contribution in [2.24, 2.45) is 5.92 Å². The van der Waals surface area contributed by atoms with Gasteiger partial charge in [-0.05, 0) is 22.8 Å². The molecule has 1 atom stereocenters. The number of hydrogen-bond acceptors (Lipinski definition) is 3. The maximum Gasteiger partial charge on any atom is 0.252 e. The maximum absolute atomic E-state index is 12.7. The zero-order valence-corrected chi connectivity index (χ0v) is 13.3. The van der Waals surface area contributed by atoms with Gasteiger partial charge in [0.15, 0.2) is 0 Å². The number of hydrogen-bond donors (Lipinski definition) is 1. The van der Waals surface area contributed by atoms with Gasteiger partial charge >= 0.3 is 0 Å². The zero-order valence-electron chi connectivity index (χ0n) is 13.3. The zero-order chi connectivity index (χ0) is 16.2. The summed E-state index contributed by atoms with van der Waals surface area (Å²) in [5.74, 6) is 0.235. The van der Waals surface area contributed by atoms with Crippen LogP contribution in [-0.2, 0) is 6.54 Å². The predicted molar refractivity (Wildman–Crippen MR) is 90.1 cm³/mol. The molecule has 0 aliphatic heterocycles. The highest BCUT2D eigenvalue weighted by molar-refractivity contribution is 6.07. The SMILES string of the molecule is CC(C)[C@@H](Cn1ccnn1)NC(=O)c1cccc2ccccc12. The first-order valence-corrected chi connectivity index (χ1v) is 7.78. The van der Waals surface area contributed by atoms with Gasteiger partial charge in [0, 0.05) is 11.8 Å². The van der Waals surface area contributed by atoms with E-state index < -0.39 is 0 Å². The second-order valence-electron chi connectivity index (χ2n) is 5.98. The quantitative estimate of drug-likeness (QED) is 0.788. The summed E-state index contributed by atoms with van der Waals surface area (Å²) in [6.45, 7) is 4.78. The van der Waals surface area contributed by atoms with E-state index in [9.17, 15) is 4.79 Å². The molecule has 0 fully saturated rings. The third-order valence-corrected chi connectivity index (χ3v) is 4.01. The average molecular weight is 308 g/mol. The molecule has 3 rings (SSSR count). The van der Waals surface area contributed by atoms with Gasteiger partial charge in [-0.3, -0.25) is 9.48 Å². The smallest absolute Gasteiger partial charge is 0.252 e. The minimum atomic E-state index is -0.0550. The third-order valence-electron chi connectivity index (χ3n) is 4.01. The molecule has 0 spiro atoms. The monoisotopic (exact) mass is 308 g/mol. The van der Waals surface area contributed by atoms with Crippen molar-refractivity contribution in [2.45, 2.75) is 26.4 Å². The summed E-state index contributed by atoms with van der Waals surface area (Å²) >= 11 is 0. The van der Waals surface area contributed by atoms with Crippen LogP contribution >= 0.6 is 0 Å². The lowest BCUT2D eigenvalue weighted by atomic mass is 10.0. The van der Waals surface area contributed by atoms with Crippen molar-refractivity contribution in [3.63, 3.8) is 0 Å². The number of amides is 1. The minimum absolute atomic E-state index is 0.0110. The molecule has 0 aliphatic carbocycles. The van der Waals surface area contributed by atoms with E-state index in [2.05, 4.69) is 29.5 Å². The molecule has 5 nitrogen and oxygen atoms in total. The standard InChI is InChI=1S/C18H20N4O/c1-13(2)17(12-22-11-10-19-21-22)20-18(23)16-9-5-7-14-6-3-4-8-15(14)16/h3-11,13,17H,12H2,1-2H3,(H,20,23)/t17-/m1/s1. The molecule has 3 aromatic rings. The molecule has 1 amide bonds. The van der Waals surface area contributed by atoms with E-state index >= 15 is 0 Å². The third kappa shape index (κ3) is 3.39. The molecule has 1 aromatic heterocycles. The second kappa shape index (κ2) is 6.60. The predicted octanol–water partition coefficient (Wildman–Crippen LogP) is 2.89. The van der Waals surface area contributed by atoms with E-state index in [-0.39, 0.29) is 17.9 Å². The number of benzene rings is 2. The Kier molecular flexibility index (Phi) is 4.37. The summed E-state index contributed by atoms with van der Waals surface area (Å²) < 4.78 is 1.74. The molecule has 0 bridgehead atoms. The summed E-state index contributed by atoms with van der Waals surface area (Å²) in [5.41, 5.74) is 0.701. The van der Waals surface area contributed by atoms with E-state index in [4.69, 9.17) is 0 Å².